The molecule has 1 amide bonds. The molecule has 1 aromatic carbocycles. The lowest BCUT2D eigenvalue weighted by atomic mass is 9.94. The van der Waals surface area contributed by atoms with Crippen LogP contribution < -0.4 is 20.1 Å². The van der Waals surface area contributed by atoms with Gasteiger partial charge >= 0.3 is 12.2 Å². The largest absolute Gasteiger partial charge is 0.461 e. The van der Waals surface area contributed by atoms with E-state index >= 15 is 0 Å². The number of fused-ring (bicyclic) bond motifs is 3. The van der Waals surface area contributed by atoms with Crippen LogP contribution in [0.2, 0.25) is 5.02 Å². The number of hydrogen-bond acceptors (Lipinski definition) is 10. The van der Waals surface area contributed by atoms with E-state index in [1.807, 2.05) is 11.6 Å². The summed E-state index contributed by atoms with van der Waals surface area (Å²) in [4.78, 5) is 27.1. The topological polar surface area (TPSA) is 124 Å². The molecule has 1 atom stereocenters. The quantitative estimate of drug-likeness (QED) is 0.241. The van der Waals surface area contributed by atoms with E-state index in [-0.39, 0.29) is 41.7 Å². The normalized spacial score (nSPS) is 20.6. The molecule has 0 bridgehead atoms. The first kappa shape index (κ1) is 33.2. The Hall–Kier alpha value is -3.27. The van der Waals surface area contributed by atoms with Crippen LogP contribution >= 0.6 is 23.5 Å². The first-order valence-electron chi connectivity index (χ1n) is 16.2. The number of nitrogens with one attached hydrogen (secondary N) is 1. The number of ether oxygens (including phenoxy) is 2. The van der Waals surface area contributed by atoms with Crippen molar-refractivity contribution in [1.29, 1.82) is 0 Å². The maximum absolute atomic E-state index is 14.2. The zero-order chi connectivity index (χ0) is 33.8. The number of anilines is 2. The van der Waals surface area contributed by atoms with Gasteiger partial charge in [0.05, 0.1) is 46.8 Å². The Balaban J connectivity index is 1.26. The van der Waals surface area contributed by atoms with Gasteiger partial charge in [0.25, 0.3) is 5.91 Å². The molecule has 1 unspecified atom stereocenters. The molecule has 258 valence electrons. The van der Waals surface area contributed by atoms with E-state index in [1.54, 1.807) is 6.26 Å². The van der Waals surface area contributed by atoms with Crippen LogP contribution in [0.4, 0.5) is 24.7 Å². The second-order valence-electron chi connectivity index (χ2n) is 13.0. The molecule has 3 aromatic rings. The number of nitrogens with two attached hydrogens (primary N) is 1. The summed E-state index contributed by atoms with van der Waals surface area (Å²) in [6, 6.07) is 2.57. The molecule has 4 aliphatic heterocycles. The molecule has 16 heteroatoms. The van der Waals surface area contributed by atoms with Crippen molar-refractivity contribution in [1.82, 2.24) is 29.4 Å². The van der Waals surface area contributed by atoms with Gasteiger partial charge in [0.15, 0.2) is 5.69 Å². The molecule has 2 saturated heterocycles. The maximum atomic E-state index is 14.2. The van der Waals surface area contributed by atoms with Gasteiger partial charge in [-0.1, -0.05) is 23.5 Å². The molecule has 48 heavy (non-hydrogen) atoms. The fourth-order valence-electron chi connectivity index (χ4n) is 7.80. The van der Waals surface area contributed by atoms with Crippen LogP contribution in [-0.2, 0) is 37.0 Å². The number of hydrogen-bond donors (Lipinski definition) is 2. The Kier molecular flexibility index (Phi) is 8.92. The highest BCUT2D eigenvalue weighted by Crippen LogP contribution is 2.45. The van der Waals surface area contributed by atoms with Gasteiger partial charge in [-0.3, -0.25) is 19.1 Å². The van der Waals surface area contributed by atoms with Gasteiger partial charge in [-0.25, -0.2) is 0 Å². The molecular formula is C32H38ClF3N8O3S. The molecule has 0 aliphatic carbocycles. The summed E-state index contributed by atoms with van der Waals surface area (Å²) in [6.07, 6.45) is 1.16. The van der Waals surface area contributed by atoms with Crippen molar-refractivity contribution in [2.45, 2.75) is 83.0 Å². The molecule has 4 aliphatic rings. The molecule has 0 saturated carbocycles. The lowest BCUT2D eigenvalue weighted by Crippen LogP contribution is -2.43. The van der Waals surface area contributed by atoms with Crippen LogP contribution in [0.5, 0.6) is 6.01 Å². The van der Waals surface area contributed by atoms with Crippen molar-refractivity contribution in [2.75, 3.05) is 43.1 Å². The Morgan fingerprint density at radius 1 is 1.19 bits per heavy atom. The highest BCUT2D eigenvalue weighted by molar-refractivity contribution is 7.97. The van der Waals surface area contributed by atoms with Crippen molar-refractivity contribution >= 4 is 41.0 Å². The first-order chi connectivity index (χ1) is 23.0. The number of carbonyl (C=O) groups excluding carboxylic acids is 1. The van der Waals surface area contributed by atoms with Crippen molar-refractivity contribution in [3.63, 3.8) is 0 Å². The second-order valence-corrected chi connectivity index (χ2v) is 14.0. The number of nitrogens with zero attached hydrogens (tertiary/aromatic N) is 6. The molecular weight excluding hydrogens is 669 g/mol. The van der Waals surface area contributed by atoms with E-state index in [0.29, 0.717) is 49.0 Å². The van der Waals surface area contributed by atoms with Gasteiger partial charge < -0.3 is 20.1 Å². The molecule has 3 N–H and O–H groups in total. The van der Waals surface area contributed by atoms with Gasteiger partial charge in [0.2, 0.25) is 0 Å². The molecule has 0 spiro atoms. The summed E-state index contributed by atoms with van der Waals surface area (Å²) < 4.78 is 59.9. The zero-order valence-electron chi connectivity index (χ0n) is 26.8. The average Bonchev–Trinajstić information content (AvgIpc) is 3.65. The minimum absolute atomic E-state index is 0.0207. The SMILES string of the molecule is CSNC(=O)c1nn2c(c1C)CN(c1nc(OCC34CCCN3CCC4)nc3c1COC(c1cc(N)cc(Cl)c1C(F)(F)F)C3)CCC2. The number of aromatic nitrogens is 4. The first-order valence-corrected chi connectivity index (χ1v) is 17.8. The van der Waals surface area contributed by atoms with E-state index in [4.69, 9.17) is 36.8 Å². The van der Waals surface area contributed by atoms with Gasteiger partial charge in [-0.15, -0.1) is 0 Å². The van der Waals surface area contributed by atoms with Crippen LogP contribution in [0.3, 0.4) is 0 Å². The van der Waals surface area contributed by atoms with Crippen LogP contribution in [0.1, 0.15) is 82.3 Å². The number of aryl methyl sites for hydroxylation is 1. The third-order valence-corrected chi connectivity index (χ3v) is 10.8. The number of benzene rings is 1. The van der Waals surface area contributed by atoms with E-state index in [9.17, 15) is 18.0 Å². The molecule has 0 radical (unpaired) electrons. The summed E-state index contributed by atoms with van der Waals surface area (Å²) >= 11 is 7.32. The predicted molar refractivity (Wildman–Crippen MR) is 176 cm³/mol. The third-order valence-electron chi connectivity index (χ3n) is 10.1. The van der Waals surface area contributed by atoms with E-state index < -0.39 is 22.9 Å². The minimum Gasteiger partial charge on any atom is -0.461 e. The fraction of sp³-hybridized carbons (Fsp3) is 0.562. The van der Waals surface area contributed by atoms with Crippen LogP contribution in [-0.4, -0.2) is 68.6 Å². The Bertz CT molecular complexity index is 1730. The van der Waals surface area contributed by atoms with E-state index in [2.05, 4.69) is 19.6 Å². The predicted octanol–water partition coefficient (Wildman–Crippen LogP) is 5.48. The minimum atomic E-state index is -4.71. The monoisotopic (exact) mass is 706 g/mol. The number of amides is 1. The number of nitrogen functional groups attached to an aromatic ring is 1. The Labute approximate surface area is 285 Å². The van der Waals surface area contributed by atoms with Gasteiger partial charge in [0, 0.05) is 42.6 Å². The van der Waals surface area contributed by atoms with Gasteiger partial charge in [-0.2, -0.15) is 28.2 Å². The number of halogens is 4. The molecule has 11 nitrogen and oxygen atoms in total. The second kappa shape index (κ2) is 12.9. The lowest BCUT2D eigenvalue weighted by molar-refractivity contribution is -0.139. The summed E-state index contributed by atoms with van der Waals surface area (Å²) in [5, 5.41) is 4.14. The number of alkyl halides is 3. The van der Waals surface area contributed by atoms with Crippen molar-refractivity contribution in [3.8, 4) is 6.01 Å². The lowest BCUT2D eigenvalue weighted by Gasteiger charge is -2.33. The van der Waals surface area contributed by atoms with Crippen LogP contribution in [0.25, 0.3) is 0 Å². The smallest absolute Gasteiger partial charge is 0.418 e. The third kappa shape index (κ3) is 6.07. The fourth-order valence-corrected chi connectivity index (χ4v) is 8.42. The summed E-state index contributed by atoms with van der Waals surface area (Å²) in [5.74, 6) is 0.347. The van der Waals surface area contributed by atoms with Crippen LogP contribution in [0.15, 0.2) is 12.1 Å². The molecule has 7 rings (SSSR count). The summed E-state index contributed by atoms with van der Waals surface area (Å²) in [5.41, 5.74) is 8.23. The average molecular weight is 707 g/mol. The highest BCUT2D eigenvalue weighted by Gasteiger charge is 2.45. The van der Waals surface area contributed by atoms with E-state index in [1.165, 1.54) is 18.0 Å². The maximum Gasteiger partial charge on any atom is 0.418 e. The molecule has 2 fully saturated rings. The summed E-state index contributed by atoms with van der Waals surface area (Å²) in [7, 11) is 0. The van der Waals surface area contributed by atoms with Gasteiger partial charge in [-0.05, 0) is 69.8 Å². The Morgan fingerprint density at radius 3 is 2.69 bits per heavy atom. The van der Waals surface area contributed by atoms with Gasteiger partial charge in [0.1, 0.15) is 12.4 Å². The zero-order valence-corrected chi connectivity index (χ0v) is 28.4. The number of rotatable bonds is 7. The van der Waals surface area contributed by atoms with Crippen molar-refractivity contribution < 1.29 is 27.4 Å². The standard InChI is InChI=1S/C32H38ClF3N8O3S/c1-18-24-15-42(8-5-11-44(24)40-27(18)29(45)41-48-2)28-21-16-46-25(20-12-19(37)13-22(33)26(20)32(34,35)36)14-23(21)38-30(39-28)47-17-31-6-3-9-43(31)10-4-7-31/h12-13,25H,3-11,14-17,37H2,1-2H3,(H,41,45). The van der Waals surface area contributed by atoms with E-state index in [0.717, 1.165) is 62.5 Å². The van der Waals surface area contributed by atoms with Crippen LogP contribution in [0, 0.1) is 6.92 Å². The Morgan fingerprint density at radius 2 is 1.96 bits per heavy atom. The summed E-state index contributed by atoms with van der Waals surface area (Å²) in [6.45, 7) is 6.05. The highest BCUT2D eigenvalue weighted by atomic mass is 35.5. The van der Waals surface area contributed by atoms with Crippen molar-refractivity contribution in [2.24, 2.45) is 0 Å². The number of carbonyl (C=O) groups is 1. The molecule has 2 aromatic heterocycles. The van der Waals surface area contributed by atoms with Crippen molar-refractivity contribution in [3.05, 3.63) is 56.5 Å². The molecule has 6 heterocycles.